The molecule has 5 nitrogen and oxygen atoms in total. The molecule has 0 atom stereocenters. The zero-order valence-corrected chi connectivity index (χ0v) is 12.8. The number of rotatable bonds is 4. The molecular formula is C15H14FNO4S. The number of sulfonamides is 1. The van der Waals surface area contributed by atoms with Gasteiger partial charge in [0.15, 0.2) is 0 Å². The van der Waals surface area contributed by atoms with Crippen molar-refractivity contribution in [2.75, 3.05) is 14.1 Å². The van der Waals surface area contributed by atoms with Gasteiger partial charge in [-0.2, -0.15) is 0 Å². The largest absolute Gasteiger partial charge is 0.478 e. The SMILES string of the molecule is CN(C)S(=O)(=O)c1cccc(-c2ccc(C(=O)O)c(F)c2)c1. The Labute approximate surface area is 127 Å². The molecule has 0 saturated heterocycles. The van der Waals surface area contributed by atoms with E-state index >= 15 is 0 Å². The van der Waals surface area contributed by atoms with Crippen molar-refractivity contribution in [1.82, 2.24) is 4.31 Å². The molecule has 0 amide bonds. The van der Waals surface area contributed by atoms with Crippen LogP contribution in [-0.4, -0.2) is 37.9 Å². The van der Waals surface area contributed by atoms with Crippen molar-refractivity contribution in [2.45, 2.75) is 4.90 Å². The summed E-state index contributed by atoms with van der Waals surface area (Å²) < 4.78 is 39.0. The summed E-state index contributed by atoms with van der Waals surface area (Å²) in [5, 5.41) is 8.81. The number of hydrogen-bond donors (Lipinski definition) is 1. The lowest BCUT2D eigenvalue weighted by molar-refractivity contribution is 0.0692. The molecule has 0 radical (unpaired) electrons. The Morgan fingerprint density at radius 3 is 2.27 bits per heavy atom. The summed E-state index contributed by atoms with van der Waals surface area (Å²) in [6.07, 6.45) is 0. The second kappa shape index (κ2) is 5.86. The quantitative estimate of drug-likeness (QED) is 0.938. The van der Waals surface area contributed by atoms with E-state index < -0.39 is 27.4 Å². The Hall–Kier alpha value is -2.25. The van der Waals surface area contributed by atoms with Crippen LogP contribution >= 0.6 is 0 Å². The fraction of sp³-hybridized carbons (Fsp3) is 0.133. The van der Waals surface area contributed by atoms with Crippen LogP contribution in [0.2, 0.25) is 0 Å². The summed E-state index contributed by atoms with van der Waals surface area (Å²) in [4.78, 5) is 10.9. The average Bonchev–Trinajstić information content (AvgIpc) is 2.46. The highest BCUT2D eigenvalue weighted by Gasteiger charge is 2.18. The summed E-state index contributed by atoms with van der Waals surface area (Å²) in [6.45, 7) is 0. The van der Waals surface area contributed by atoms with Crippen LogP contribution in [-0.2, 0) is 10.0 Å². The van der Waals surface area contributed by atoms with Crippen molar-refractivity contribution >= 4 is 16.0 Å². The molecule has 1 N–H and O–H groups in total. The normalized spacial score (nSPS) is 11.6. The zero-order valence-electron chi connectivity index (χ0n) is 11.9. The van der Waals surface area contributed by atoms with E-state index in [4.69, 9.17) is 5.11 Å². The van der Waals surface area contributed by atoms with Crippen LogP contribution in [0.5, 0.6) is 0 Å². The first kappa shape index (κ1) is 16.1. The molecule has 0 fully saturated rings. The topological polar surface area (TPSA) is 74.7 Å². The monoisotopic (exact) mass is 323 g/mol. The van der Waals surface area contributed by atoms with Gasteiger partial charge in [0.05, 0.1) is 10.5 Å². The molecule has 7 heteroatoms. The van der Waals surface area contributed by atoms with Crippen LogP contribution in [0.3, 0.4) is 0 Å². The third-order valence-corrected chi connectivity index (χ3v) is 4.96. The molecule has 0 heterocycles. The molecule has 0 aromatic heterocycles. The minimum Gasteiger partial charge on any atom is -0.478 e. The molecule has 2 aromatic carbocycles. The van der Waals surface area contributed by atoms with Crippen molar-refractivity contribution in [2.24, 2.45) is 0 Å². The lowest BCUT2D eigenvalue weighted by Crippen LogP contribution is -2.22. The van der Waals surface area contributed by atoms with Crippen molar-refractivity contribution in [1.29, 1.82) is 0 Å². The maximum Gasteiger partial charge on any atom is 0.338 e. The predicted molar refractivity (Wildman–Crippen MR) is 79.7 cm³/mol. The van der Waals surface area contributed by atoms with E-state index in [2.05, 4.69) is 0 Å². The van der Waals surface area contributed by atoms with Gasteiger partial charge in [0, 0.05) is 14.1 Å². The van der Waals surface area contributed by atoms with Crippen LogP contribution in [0.1, 0.15) is 10.4 Å². The van der Waals surface area contributed by atoms with Gasteiger partial charge in [-0.1, -0.05) is 18.2 Å². The third kappa shape index (κ3) is 3.00. The van der Waals surface area contributed by atoms with Gasteiger partial charge < -0.3 is 5.11 Å². The number of carbonyl (C=O) groups is 1. The second-order valence-corrected chi connectivity index (χ2v) is 6.97. The maximum absolute atomic E-state index is 13.7. The third-order valence-electron chi connectivity index (χ3n) is 3.15. The van der Waals surface area contributed by atoms with E-state index in [1.807, 2.05) is 0 Å². The molecule has 0 aliphatic heterocycles. The van der Waals surface area contributed by atoms with Crippen molar-refractivity contribution in [3.05, 3.63) is 53.8 Å². The van der Waals surface area contributed by atoms with Crippen molar-refractivity contribution in [3.63, 3.8) is 0 Å². The first-order valence-electron chi connectivity index (χ1n) is 6.29. The highest BCUT2D eigenvalue weighted by Crippen LogP contribution is 2.25. The van der Waals surface area contributed by atoms with Gasteiger partial charge in [-0.25, -0.2) is 21.9 Å². The highest BCUT2D eigenvalue weighted by atomic mass is 32.2. The molecule has 22 heavy (non-hydrogen) atoms. The smallest absolute Gasteiger partial charge is 0.338 e. The van der Waals surface area contributed by atoms with Gasteiger partial charge in [0.2, 0.25) is 10.0 Å². The van der Waals surface area contributed by atoms with Gasteiger partial charge in [-0.3, -0.25) is 0 Å². The first-order valence-corrected chi connectivity index (χ1v) is 7.73. The molecular weight excluding hydrogens is 309 g/mol. The summed E-state index contributed by atoms with van der Waals surface area (Å²) in [7, 11) is -0.754. The molecule has 0 aliphatic rings. The maximum atomic E-state index is 13.7. The van der Waals surface area contributed by atoms with Crippen LogP contribution in [0.25, 0.3) is 11.1 Å². The molecule has 0 spiro atoms. The standard InChI is InChI=1S/C15H14FNO4S/c1-17(2)22(20,21)12-5-3-4-10(8-12)11-6-7-13(15(18)19)14(16)9-11/h3-9H,1-2H3,(H,18,19). The number of hydrogen-bond acceptors (Lipinski definition) is 3. The van der Waals surface area contributed by atoms with Crippen LogP contribution in [0, 0.1) is 5.82 Å². The predicted octanol–water partition coefficient (Wildman–Crippen LogP) is 2.44. The molecule has 0 bridgehead atoms. The number of nitrogens with zero attached hydrogens (tertiary/aromatic N) is 1. The minimum absolute atomic E-state index is 0.0812. The fourth-order valence-electron chi connectivity index (χ4n) is 1.92. The number of benzene rings is 2. The van der Waals surface area contributed by atoms with Gasteiger partial charge in [-0.15, -0.1) is 0 Å². The lowest BCUT2D eigenvalue weighted by atomic mass is 10.0. The fourth-order valence-corrected chi connectivity index (χ4v) is 2.86. The number of carboxylic acids is 1. The summed E-state index contributed by atoms with van der Waals surface area (Å²) in [6, 6.07) is 9.71. The van der Waals surface area contributed by atoms with Gasteiger partial charge in [0.1, 0.15) is 5.82 Å². The Morgan fingerprint density at radius 1 is 1.09 bits per heavy atom. The highest BCUT2D eigenvalue weighted by molar-refractivity contribution is 7.89. The zero-order chi connectivity index (χ0) is 16.5. The lowest BCUT2D eigenvalue weighted by Gasteiger charge is -2.12. The van der Waals surface area contributed by atoms with Crippen LogP contribution in [0.15, 0.2) is 47.4 Å². The second-order valence-electron chi connectivity index (χ2n) is 4.82. The molecule has 0 aliphatic carbocycles. The molecule has 2 aromatic rings. The van der Waals surface area contributed by atoms with Crippen LogP contribution < -0.4 is 0 Å². The van der Waals surface area contributed by atoms with Gasteiger partial charge in [0.25, 0.3) is 0 Å². The van der Waals surface area contributed by atoms with Gasteiger partial charge in [-0.05, 0) is 35.4 Å². The van der Waals surface area contributed by atoms with Crippen molar-refractivity contribution in [3.8, 4) is 11.1 Å². The number of carboxylic acid groups (broad SMARTS) is 1. The summed E-state index contributed by atoms with van der Waals surface area (Å²) in [5.74, 6) is -2.22. The van der Waals surface area contributed by atoms with E-state index in [0.29, 0.717) is 11.1 Å². The van der Waals surface area contributed by atoms with Crippen LogP contribution in [0.4, 0.5) is 4.39 Å². The van der Waals surface area contributed by atoms with E-state index in [1.165, 1.54) is 32.3 Å². The average molecular weight is 323 g/mol. The summed E-state index contributed by atoms with van der Waals surface area (Å²) >= 11 is 0. The van der Waals surface area contributed by atoms with E-state index in [-0.39, 0.29) is 4.90 Å². The Bertz CT molecular complexity index is 831. The van der Waals surface area contributed by atoms with Crippen molar-refractivity contribution < 1.29 is 22.7 Å². The van der Waals surface area contributed by atoms with Gasteiger partial charge >= 0.3 is 5.97 Å². The number of halogens is 1. The minimum atomic E-state index is -3.59. The number of aromatic carboxylic acids is 1. The first-order chi connectivity index (χ1) is 10.2. The van der Waals surface area contributed by atoms with E-state index in [1.54, 1.807) is 12.1 Å². The molecule has 0 unspecified atom stereocenters. The van der Waals surface area contributed by atoms with E-state index in [9.17, 15) is 17.6 Å². The molecule has 116 valence electrons. The Morgan fingerprint density at radius 2 is 1.73 bits per heavy atom. The van der Waals surface area contributed by atoms with E-state index in [0.717, 1.165) is 16.4 Å². The molecule has 0 saturated carbocycles. The summed E-state index contributed by atoms with van der Waals surface area (Å²) in [5.41, 5.74) is 0.456. The molecule has 2 rings (SSSR count). The Kier molecular flexibility index (Phi) is 4.30. The Balaban J connectivity index is 2.51.